The average Bonchev–Trinajstić information content (AvgIpc) is 2.70. The molecule has 1 amide bonds. The predicted octanol–water partition coefficient (Wildman–Crippen LogP) is 3.38. The van der Waals surface area contributed by atoms with E-state index in [0.717, 1.165) is 36.6 Å². The maximum absolute atomic E-state index is 12.1. The van der Waals surface area contributed by atoms with Crippen LogP contribution in [0.2, 0.25) is 0 Å². The van der Waals surface area contributed by atoms with E-state index in [-0.39, 0.29) is 11.3 Å². The zero-order valence-corrected chi connectivity index (χ0v) is 18.5. The van der Waals surface area contributed by atoms with Crippen molar-refractivity contribution >= 4 is 11.9 Å². The topological polar surface area (TPSA) is 56.7 Å². The Hall–Kier alpha value is -2.82. The summed E-state index contributed by atoms with van der Waals surface area (Å²) in [6.07, 6.45) is 0.816. The number of amides is 1. The Labute approximate surface area is 175 Å². The van der Waals surface area contributed by atoms with Crippen LogP contribution in [0.25, 0.3) is 0 Å². The van der Waals surface area contributed by atoms with Crippen molar-refractivity contribution in [1.82, 2.24) is 15.5 Å². The van der Waals surface area contributed by atoms with Crippen molar-refractivity contribution in [3.05, 3.63) is 70.8 Å². The van der Waals surface area contributed by atoms with Gasteiger partial charge in [-0.2, -0.15) is 0 Å². The lowest BCUT2D eigenvalue weighted by Crippen LogP contribution is -2.44. The van der Waals surface area contributed by atoms with Crippen LogP contribution in [0.1, 0.15) is 40.9 Å². The molecule has 29 heavy (non-hydrogen) atoms. The minimum Gasteiger partial charge on any atom is -0.356 e. The maximum Gasteiger partial charge on any atom is 0.253 e. The highest BCUT2D eigenvalue weighted by molar-refractivity contribution is 5.94. The summed E-state index contributed by atoms with van der Waals surface area (Å²) in [6.45, 7) is 8.15. The Morgan fingerprint density at radius 3 is 2.45 bits per heavy atom. The Kier molecular flexibility index (Phi) is 7.82. The van der Waals surface area contributed by atoms with Crippen LogP contribution in [0.15, 0.2) is 53.5 Å². The van der Waals surface area contributed by atoms with Crippen LogP contribution in [0.3, 0.4) is 0 Å². The molecule has 5 nitrogen and oxygen atoms in total. The zero-order chi connectivity index (χ0) is 21.4. The van der Waals surface area contributed by atoms with E-state index < -0.39 is 0 Å². The van der Waals surface area contributed by atoms with Crippen molar-refractivity contribution in [2.24, 2.45) is 4.99 Å². The summed E-state index contributed by atoms with van der Waals surface area (Å²) in [6, 6.07) is 16.3. The number of nitrogens with one attached hydrogen (secondary N) is 2. The number of hydrogen-bond donors (Lipinski definition) is 2. The van der Waals surface area contributed by atoms with Crippen molar-refractivity contribution in [3.8, 4) is 0 Å². The van der Waals surface area contributed by atoms with Gasteiger partial charge in [-0.15, -0.1) is 0 Å². The van der Waals surface area contributed by atoms with Gasteiger partial charge in [0.05, 0.1) is 0 Å². The maximum atomic E-state index is 12.1. The molecule has 156 valence electrons. The highest BCUT2D eigenvalue weighted by atomic mass is 16.2. The zero-order valence-electron chi connectivity index (χ0n) is 18.5. The first-order valence-corrected chi connectivity index (χ1v) is 10.1. The normalized spacial score (nSPS) is 11.9. The summed E-state index contributed by atoms with van der Waals surface area (Å²) >= 11 is 0. The summed E-state index contributed by atoms with van der Waals surface area (Å²) in [5.41, 5.74) is 4.47. The second-order valence-electron chi connectivity index (χ2n) is 8.20. The van der Waals surface area contributed by atoms with Crippen LogP contribution < -0.4 is 10.6 Å². The van der Waals surface area contributed by atoms with E-state index in [1.807, 2.05) is 24.3 Å². The molecule has 0 bridgehead atoms. The third-order valence-corrected chi connectivity index (χ3v) is 5.08. The van der Waals surface area contributed by atoms with Gasteiger partial charge in [-0.05, 0) is 42.2 Å². The molecule has 0 aliphatic rings. The molecule has 0 unspecified atom stereocenters. The Morgan fingerprint density at radius 1 is 1.07 bits per heavy atom. The predicted molar refractivity (Wildman–Crippen MR) is 122 cm³/mol. The number of benzene rings is 2. The van der Waals surface area contributed by atoms with Crippen LogP contribution >= 0.6 is 0 Å². The molecule has 0 spiro atoms. The van der Waals surface area contributed by atoms with E-state index in [0.29, 0.717) is 0 Å². The van der Waals surface area contributed by atoms with Crippen molar-refractivity contribution in [1.29, 1.82) is 0 Å². The third-order valence-electron chi connectivity index (χ3n) is 5.08. The van der Waals surface area contributed by atoms with Crippen molar-refractivity contribution in [2.45, 2.75) is 32.6 Å². The first kappa shape index (κ1) is 22.5. The molecule has 0 radical (unpaired) electrons. The van der Waals surface area contributed by atoms with Gasteiger partial charge in [-0.1, -0.05) is 50.2 Å². The van der Waals surface area contributed by atoms with Crippen molar-refractivity contribution in [3.63, 3.8) is 0 Å². The number of rotatable bonds is 7. The van der Waals surface area contributed by atoms with Crippen LogP contribution in [0, 0.1) is 6.92 Å². The van der Waals surface area contributed by atoms with Crippen LogP contribution in [0.5, 0.6) is 0 Å². The van der Waals surface area contributed by atoms with Gasteiger partial charge < -0.3 is 15.5 Å². The highest BCUT2D eigenvalue weighted by Crippen LogP contribution is 2.25. The summed E-state index contributed by atoms with van der Waals surface area (Å²) in [7, 11) is 5.32. The Balaban J connectivity index is 1.89. The van der Waals surface area contributed by atoms with Gasteiger partial charge in [0.15, 0.2) is 5.96 Å². The van der Waals surface area contributed by atoms with E-state index in [9.17, 15) is 4.79 Å². The average molecular weight is 395 g/mol. The number of hydrogen-bond acceptors (Lipinski definition) is 2. The van der Waals surface area contributed by atoms with Crippen LogP contribution in [0.4, 0.5) is 0 Å². The first-order chi connectivity index (χ1) is 13.7. The van der Waals surface area contributed by atoms with E-state index in [1.165, 1.54) is 11.1 Å². The lowest BCUT2D eigenvalue weighted by molar-refractivity contribution is 0.0827. The monoisotopic (exact) mass is 394 g/mol. The molecule has 2 aromatic carbocycles. The number of guanidine groups is 1. The molecule has 0 aliphatic carbocycles. The number of carbonyl (C=O) groups is 1. The highest BCUT2D eigenvalue weighted by Gasteiger charge is 2.22. The lowest BCUT2D eigenvalue weighted by Gasteiger charge is -2.28. The van der Waals surface area contributed by atoms with Crippen molar-refractivity contribution in [2.75, 3.05) is 34.2 Å². The SMILES string of the molecule is CN=C(NCCc1cccc(C(=O)N(C)C)c1)NCC(C)(C)c1ccccc1C. The van der Waals surface area contributed by atoms with Gasteiger partial charge in [0.1, 0.15) is 0 Å². The van der Waals surface area contributed by atoms with Gasteiger partial charge in [-0.25, -0.2) is 0 Å². The molecule has 0 saturated carbocycles. The minimum absolute atomic E-state index is 0.0101. The smallest absolute Gasteiger partial charge is 0.253 e. The van der Waals surface area contributed by atoms with E-state index in [2.05, 4.69) is 60.7 Å². The second-order valence-corrected chi connectivity index (χ2v) is 8.20. The summed E-state index contributed by atoms with van der Waals surface area (Å²) in [5, 5.41) is 6.82. The molecular formula is C24H34N4O. The molecule has 2 N–H and O–H groups in total. The molecule has 2 rings (SSSR count). The van der Waals surface area contributed by atoms with E-state index in [4.69, 9.17) is 0 Å². The standard InChI is InChI=1S/C24H34N4O/c1-18-10-7-8-13-21(18)24(2,3)17-27-23(25-4)26-15-14-19-11-9-12-20(16-19)22(29)28(5)6/h7-13,16H,14-15,17H2,1-6H3,(H2,25,26,27). The van der Waals surface area contributed by atoms with Gasteiger partial charge in [0.2, 0.25) is 0 Å². The quantitative estimate of drug-likeness (QED) is 0.559. The lowest BCUT2D eigenvalue weighted by atomic mass is 9.82. The summed E-state index contributed by atoms with van der Waals surface area (Å²) in [4.78, 5) is 18.1. The second kappa shape index (κ2) is 10.1. The molecule has 0 saturated heterocycles. The fourth-order valence-corrected chi connectivity index (χ4v) is 3.40. The Bertz CT molecular complexity index is 855. The minimum atomic E-state index is -0.0101. The number of aryl methyl sites for hydroxylation is 1. The molecular weight excluding hydrogens is 360 g/mol. The molecule has 0 aliphatic heterocycles. The fourth-order valence-electron chi connectivity index (χ4n) is 3.40. The fraction of sp³-hybridized carbons (Fsp3) is 0.417. The molecule has 0 heterocycles. The summed E-state index contributed by atoms with van der Waals surface area (Å²) in [5.74, 6) is 0.808. The van der Waals surface area contributed by atoms with Gasteiger partial charge in [0.25, 0.3) is 5.91 Å². The van der Waals surface area contributed by atoms with Gasteiger partial charge in [0, 0.05) is 45.2 Å². The molecule has 5 heteroatoms. The van der Waals surface area contributed by atoms with E-state index in [1.54, 1.807) is 26.0 Å². The van der Waals surface area contributed by atoms with E-state index >= 15 is 0 Å². The van der Waals surface area contributed by atoms with Gasteiger partial charge in [-0.3, -0.25) is 9.79 Å². The van der Waals surface area contributed by atoms with Crippen LogP contribution in [-0.2, 0) is 11.8 Å². The van der Waals surface area contributed by atoms with Crippen LogP contribution in [-0.4, -0.2) is 51.0 Å². The molecule has 2 aromatic rings. The first-order valence-electron chi connectivity index (χ1n) is 10.1. The molecule has 0 atom stereocenters. The summed E-state index contributed by atoms with van der Waals surface area (Å²) < 4.78 is 0. The molecule has 0 fully saturated rings. The number of aliphatic imine (C=N–C) groups is 1. The largest absolute Gasteiger partial charge is 0.356 e. The number of nitrogens with zero attached hydrogens (tertiary/aromatic N) is 2. The van der Waals surface area contributed by atoms with Gasteiger partial charge >= 0.3 is 0 Å². The van der Waals surface area contributed by atoms with Crippen molar-refractivity contribution < 1.29 is 4.79 Å². The molecule has 0 aromatic heterocycles. The Morgan fingerprint density at radius 2 is 1.79 bits per heavy atom. The number of carbonyl (C=O) groups excluding carboxylic acids is 1. The third kappa shape index (κ3) is 6.34.